The van der Waals surface area contributed by atoms with E-state index in [0.717, 1.165) is 12.1 Å². The Morgan fingerprint density at radius 1 is 1.47 bits per heavy atom. The molecule has 0 spiro atoms. The van der Waals surface area contributed by atoms with Crippen LogP contribution < -0.4 is 5.73 Å². The van der Waals surface area contributed by atoms with Crippen LogP contribution in [0.15, 0.2) is 18.2 Å². The highest BCUT2D eigenvalue weighted by Crippen LogP contribution is 2.22. The number of halogens is 3. The summed E-state index contributed by atoms with van der Waals surface area (Å²) in [4.78, 5) is 11.1. The molecule has 0 fully saturated rings. The van der Waals surface area contributed by atoms with Crippen LogP contribution in [0.25, 0.3) is 0 Å². The summed E-state index contributed by atoms with van der Waals surface area (Å²) in [6, 6.07) is 1.59. The van der Waals surface area contributed by atoms with E-state index < -0.39 is 35.4 Å². The lowest BCUT2D eigenvalue weighted by molar-refractivity contribution is -0.149. The van der Waals surface area contributed by atoms with Crippen molar-refractivity contribution in [3.05, 3.63) is 35.4 Å². The Labute approximate surface area is 96.4 Å². The number of carbonyl (C=O) groups is 1. The fourth-order valence-corrected chi connectivity index (χ4v) is 1.30. The maximum Gasteiger partial charge on any atom is 0.342 e. The summed E-state index contributed by atoms with van der Waals surface area (Å²) in [7, 11) is 0. The van der Waals surface area contributed by atoms with Gasteiger partial charge in [-0.2, -0.15) is 0 Å². The Balaban J connectivity index is 2.92. The van der Waals surface area contributed by atoms with Gasteiger partial charge in [0.25, 0.3) is 0 Å². The summed E-state index contributed by atoms with van der Waals surface area (Å²) in [5, 5.41) is 0. The minimum Gasteiger partial charge on any atom is -0.464 e. The maximum atomic E-state index is 13.5. The molecule has 17 heavy (non-hydrogen) atoms. The summed E-state index contributed by atoms with van der Waals surface area (Å²) in [5.41, 5.74) is 4.96. The van der Waals surface area contributed by atoms with E-state index in [1.165, 1.54) is 13.0 Å². The van der Waals surface area contributed by atoms with Crippen LogP contribution in [0.5, 0.6) is 0 Å². The predicted molar refractivity (Wildman–Crippen MR) is 54.8 cm³/mol. The largest absolute Gasteiger partial charge is 0.464 e. The molecule has 3 nitrogen and oxygen atoms in total. The Hall–Kier alpha value is -1.56. The standard InChI is InChI=1S/C11H12F3NO2/c1-2-17-11(16)9(14)10(15)6-4-3-5-7(12)8(6)13/h3-5,9-10H,2,15H2,1H3/t9?,10-/m0/s1. The van der Waals surface area contributed by atoms with Crippen molar-refractivity contribution in [3.63, 3.8) is 0 Å². The number of alkyl halides is 1. The highest BCUT2D eigenvalue weighted by Gasteiger charge is 2.30. The van der Waals surface area contributed by atoms with Crippen molar-refractivity contribution in [2.24, 2.45) is 5.73 Å². The minimum atomic E-state index is -2.23. The van der Waals surface area contributed by atoms with Gasteiger partial charge in [-0.15, -0.1) is 0 Å². The second-order valence-corrected chi connectivity index (χ2v) is 3.32. The first-order chi connectivity index (χ1) is 7.99. The molecule has 0 heterocycles. The topological polar surface area (TPSA) is 52.3 Å². The zero-order valence-corrected chi connectivity index (χ0v) is 9.12. The molecule has 1 rings (SSSR count). The number of hydrogen-bond donors (Lipinski definition) is 1. The highest BCUT2D eigenvalue weighted by atomic mass is 19.2. The predicted octanol–water partition coefficient (Wildman–Crippen LogP) is 1.87. The lowest BCUT2D eigenvalue weighted by Gasteiger charge is -2.16. The van der Waals surface area contributed by atoms with Crippen LogP contribution in [0.1, 0.15) is 18.5 Å². The van der Waals surface area contributed by atoms with Crippen LogP contribution >= 0.6 is 0 Å². The number of ether oxygens (including phenoxy) is 1. The van der Waals surface area contributed by atoms with Crippen LogP contribution in [0.4, 0.5) is 13.2 Å². The zero-order valence-electron chi connectivity index (χ0n) is 9.12. The summed E-state index contributed by atoms with van der Waals surface area (Å²) >= 11 is 0. The molecular weight excluding hydrogens is 235 g/mol. The van der Waals surface area contributed by atoms with Gasteiger partial charge < -0.3 is 10.5 Å². The fraction of sp³-hybridized carbons (Fsp3) is 0.364. The molecule has 0 aliphatic carbocycles. The van der Waals surface area contributed by atoms with E-state index in [-0.39, 0.29) is 6.61 Å². The van der Waals surface area contributed by atoms with Crippen molar-refractivity contribution < 1.29 is 22.7 Å². The van der Waals surface area contributed by atoms with Gasteiger partial charge in [0.1, 0.15) is 0 Å². The first-order valence-electron chi connectivity index (χ1n) is 4.99. The molecule has 0 aliphatic heterocycles. The first kappa shape index (κ1) is 13.5. The molecule has 2 atom stereocenters. The molecule has 0 aromatic heterocycles. The molecule has 0 saturated heterocycles. The van der Waals surface area contributed by atoms with E-state index in [4.69, 9.17) is 5.73 Å². The molecule has 1 unspecified atom stereocenters. The third kappa shape index (κ3) is 2.97. The van der Waals surface area contributed by atoms with Gasteiger partial charge in [-0.25, -0.2) is 18.0 Å². The molecule has 0 radical (unpaired) electrons. The van der Waals surface area contributed by atoms with Crippen molar-refractivity contribution in [2.75, 3.05) is 6.61 Å². The number of esters is 1. The van der Waals surface area contributed by atoms with Crippen LogP contribution in [0, 0.1) is 11.6 Å². The quantitative estimate of drug-likeness (QED) is 0.826. The molecule has 1 aromatic rings. The van der Waals surface area contributed by atoms with Gasteiger partial charge in [-0.3, -0.25) is 0 Å². The fourth-order valence-electron chi connectivity index (χ4n) is 1.30. The summed E-state index contributed by atoms with van der Waals surface area (Å²) in [6.45, 7) is 1.48. The highest BCUT2D eigenvalue weighted by molar-refractivity contribution is 5.75. The van der Waals surface area contributed by atoms with Gasteiger partial charge in [0.2, 0.25) is 6.17 Å². The average Bonchev–Trinajstić information content (AvgIpc) is 2.31. The average molecular weight is 247 g/mol. The van der Waals surface area contributed by atoms with Gasteiger partial charge in [0.15, 0.2) is 11.6 Å². The molecule has 0 amide bonds. The van der Waals surface area contributed by atoms with Gasteiger partial charge in [-0.1, -0.05) is 12.1 Å². The van der Waals surface area contributed by atoms with Crippen LogP contribution in [0.3, 0.4) is 0 Å². The second-order valence-electron chi connectivity index (χ2n) is 3.32. The van der Waals surface area contributed by atoms with Crippen molar-refractivity contribution in [1.82, 2.24) is 0 Å². The molecule has 0 saturated carbocycles. The second kappa shape index (κ2) is 5.67. The Bertz CT molecular complexity index is 412. The minimum absolute atomic E-state index is 0.0163. The Morgan fingerprint density at radius 2 is 2.12 bits per heavy atom. The lowest BCUT2D eigenvalue weighted by atomic mass is 10.0. The van der Waals surface area contributed by atoms with Crippen molar-refractivity contribution in [3.8, 4) is 0 Å². The Morgan fingerprint density at radius 3 is 2.71 bits per heavy atom. The number of rotatable bonds is 4. The van der Waals surface area contributed by atoms with E-state index >= 15 is 0 Å². The van der Waals surface area contributed by atoms with Crippen LogP contribution in [-0.2, 0) is 9.53 Å². The molecule has 94 valence electrons. The lowest BCUT2D eigenvalue weighted by Crippen LogP contribution is -2.32. The van der Waals surface area contributed by atoms with E-state index in [1.807, 2.05) is 0 Å². The van der Waals surface area contributed by atoms with E-state index in [0.29, 0.717) is 0 Å². The van der Waals surface area contributed by atoms with Crippen LogP contribution in [0.2, 0.25) is 0 Å². The maximum absolute atomic E-state index is 13.5. The van der Waals surface area contributed by atoms with Crippen molar-refractivity contribution in [1.29, 1.82) is 0 Å². The summed E-state index contributed by atoms with van der Waals surface area (Å²) in [6.07, 6.45) is -2.23. The molecule has 1 aromatic carbocycles. The van der Waals surface area contributed by atoms with E-state index in [1.54, 1.807) is 0 Å². The van der Waals surface area contributed by atoms with Crippen molar-refractivity contribution >= 4 is 5.97 Å². The number of hydrogen-bond acceptors (Lipinski definition) is 3. The van der Waals surface area contributed by atoms with Gasteiger partial charge in [0, 0.05) is 5.56 Å². The SMILES string of the molecule is CCOC(=O)C(F)[C@@H](N)c1cccc(F)c1F. The van der Waals surface area contributed by atoms with E-state index in [2.05, 4.69) is 4.74 Å². The smallest absolute Gasteiger partial charge is 0.342 e. The van der Waals surface area contributed by atoms with E-state index in [9.17, 15) is 18.0 Å². The Kier molecular flexibility index (Phi) is 4.51. The normalized spacial score (nSPS) is 14.2. The number of carbonyl (C=O) groups excluding carboxylic acids is 1. The summed E-state index contributed by atoms with van der Waals surface area (Å²) in [5.74, 6) is -3.59. The van der Waals surface area contributed by atoms with Gasteiger partial charge in [-0.05, 0) is 13.0 Å². The molecule has 2 N–H and O–H groups in total. The van der Waals surface area contributed by atoms with Gasteiger partial charge in [0.05, 0.1) is 12.6 Å². The molecular formula is C11H12F3NO2. The molecule has 0 aliphatic rings. The van der Waals surface area contributed by atoms with Gasteiger partial charge >= 0.3 is 5.97 Å². The number of benzene rings is 1. The van der Waals surface area contributed by atoms with Crippen LogP contribution in [-0.4, -0.2) is 18.7 Å². The summed E-state index contributed by atoms with van der Waals surface area (Å²) < 4.78 is 44.1. The third-order valence-corrected chi connectivity index (χ3v) is 2.17. The monoisotopic (exact) mass is 247 g/mol. The first-order valence-corrected chi connectivity index (χ1v) is 4.99. The zero-order chi connectivity index (χ0) is 13.0. The number of nitrogens with two attached hydrogens (primary N) is 1. The molecule has 0 bridgehead atoms. The molecule has 6 heteroatoms. The third-order valence-electron chi connectivity index (χ3n) is 2.17. The van der Waals surface area contributed by atoms with Crippen molar-refractivity contribution in [2.45, 2.75) is 19.1 Å².